The molecule has 27 heavy (non-hydrogen) atoms. The van der Waals surface area contributed by atoms with E-state index < -0.39 is 0 Å². The Morgan fingerprint density at radius 3 is 2.63 bits per heavy atom. The number of carbonyl (C=O) groups is 1. The van der Waals surface area contributed by atoms with Gasteiger partial charge in [-0.2, -0.15) is 0 Å². The van der Waals surface area contributed by atoms with Gasteiger partial charge in [0.2, 0.25) is 0 Å². The second kappa shape index (κ2) is 8.29. The van der Waals surface area contributed by atoms with Crippen LogP contribution in [0.25, 0.3) is 20.7 Å². The van der Waals surface area contributed by atoms with Crippen molar-refractivity contribution >= 4 is 51.2 Å². The van der Waals surface area contributed by atoms with Crippen LogP contribution in [0.1, 0.15) is 53.2 Å². The molecule has 0 saturated carbocycles. The van der Waals surface area contributed by atoms with Gasteiger partial charge in [0.1, 0.15) is 4.83 Å². The molecule has 0 unspecified atom stereocenters. The minimum Gasteiger partial charge on any atom is -0.339 e. The monoisotopic (exact) mass is 420 g/mol. The van der Waals surface area contributed by atoms with Gasteiger partial charge in [0.05, 0.1) is 11.3 Å². The van der Waals surface area contributed by atoms with Crippen LogP contribution >= 0.6 is 35.1 Å². The summed E-state index contributed by atoms with van der Waals surface area (Å²) in [6.45, 7) is 7.52. The third kappa shape index (κ3) is 3.41. The Bertz CT molecular complexity index is 959. The van der Waals surface area contributed by atoms with Crippen molar-refractivity contribution in [3.63, 3.8) is 0 Å². The topological polar surface area (TPSA) is 33.2 Å². The summed E-state index contributed by atoms with van der Waals surface area (Å²) in [7, 11) is 0. The molecule has 3 nitrogen and oxygen atoms in total. The zero-order valence-electron chi connectivity index (χ0n) is 16.0. The second-order valence-electron chi connectivity index (χ2n) is 6.79. The summed E-state index contributed by atoms with van der Waals surface area (Å²) in [4.78, 5) is 23.9. The lowest BCUT2D eigenvalue weighted by Gasteiger charge is -2.22. The van der Waals surface area contributed by atoms with E-state index in [4.69, 9.17) is 4.98 Å². The Morgan fingerprint density at radius 1 is 1.22 bits per heavy atom. The van der Waals surface area contributed by atoms with Crippen molar-refractivity contribution in [2.24, 2.45) is 0 Å². The van der Waals surface area contributed by atoms with E-state index >= 15 is 0 Å². The largest absolute Gasteiger partial charge is 0.339 e. The van der Waals surface area contributed by atoms with E-state index in [0.717, 1.165) is 47.6 Å². The molecule has 1 amide bonds. The molecular formula is C21H25ClN2OS2. The predicted octanol–water partition coefficient (Wildman–Crippen LogP) is 6.12. The predicted molar refractivity (Wildman–Crippen MR) is 119 cm³/mol. The number of thiophene rings is 2. The maximum atomic E-state index is 13.4. The zero-order valence-corrected chi connectivity index (χ0v) is 18.5. The Labute approximate surface area is 174 Å². The number of halogens is 1. The molecule has 4 rings (SSSR count). The number of aromatic nitrogens is 1. The highest BCUT2D eigenvalue weighted by molar-refractivity contribution is 7.19. The van der Waals surface area contributed by atoms with Crippen molar-refractivity contribution in [3.8, 4) is 10.4 Å². The molecule has 3 heterocycles. The Morgan fingerprint density at radius 2 is 1.96 bits per heavy atom. The van der Waals surface area contributed by atoms with Crippen LogP contribution in [0, 0.1) is 6.92 Å². The lowest BCUT2D eigenvalue weighted by atomic mass is 9.92. The van der Waals surface area contributed by atoms with Crippen LogP contribution in [0.15, 0.2) is 17.5 Å². The molecule has 3 aromatic rings. The minimum absolute atomic E-state index is 0. The summed E-state index contributed by atoms with van der Waals surface area (Å²) in [5.41, 5.74) is 4.23. The molecular weight excluding hydrogens is 396 g/mol. The minimum atomic E-state index is 0. The van der Waals surface area contributed by atoms with Gasteiger partial charge in [-0.25, -0.2) is 4.98 Å². The fourth-order valence-electron chi connectivity index (χ4n) is 4.00. The molecule has 0 aliphatic heterocycles. The SMILES string of the molecule is CCN(CC)C(=O)c1c(C)nc2sc3c(c2c1-c1cccs1)CCCC3.Cl. The van der Waals surface area contributed by atoms with E-state index in [2.05, 4.69) is 17.5 Å². The molecule has 0 aromatic carbocycles. The average Bonchev–Trinajstić information content (AvgIpc) is 3.29. The van der Waals surface area contributed by atoms with E-state index in [1.165, 1.54) is 33.5 Å². The van der Waals surface area contributed by atoms with Gasteiger partial charge in [0.25, 0.3) is 5.91 Å². The van der Waals surface area contributed by atoms with Gasteiger partial charge in [0, 0.05) is 33.8 Å². The number of aryl methyl sites for hydroxylation is 3. The van der Waals surface area contributed by atoms with Crippen LogP contribution in [0.2, 0.25) is 0 Å². The highest BCUT2D eigenvalue weighted by Crippen LogP contribution is 2.44. The highest BCUT2D eigenvalue weighted by Gasteiger charge is 2.28. The number of hydrogen-bond acceptors (Lipinski definition) is 4. The number of amides is 1. The van der Waals surface area contributed by atoms with Gasteiger partial charge in [-0.05, 0) is 63.5 Å². The lowest BCUT2D eigenvalue weighted by molar-refractivity contribution is 0.0773. The van der Waals surface area contributed by atoms with Gasteiger partial charge in [-0.3, -0.25) is 4.79 Å². The first-order valence-electron chi connectivity index (χ1n) is 9.43. The molecule has 0 saturated heterocycles. The van der Waals surface area contributed by atoms with Crippen LogP contribution in [0.3, 0.4) is 0 Å². The van der Waals surface area contributed by atoms with E-state index in [1.54, 1.807) is 11.3 Å². The molecule has 0 N–H and O–H groups in total. The molecule has 0 spiro atoms. The molecule has 0 bridgehead atoms. The van der Waals surface area contributed by atoms with E-state index in [9.17, 15) is 4.79 Å². The maximum absolute atomic E-state index is 13.4. The standard InChI is InChI=1S/C21H24N2OS2.ClH/c1-4-23(5-2)21(24)17-13(3)22-20-18(19(17)16-11-8-12-25-16)14-9-6-7-10-15(14)26-20;/h8,11-12H,4-7,9-10H2,1-3H3;1H. The first-order valence-corrected chi connectivity index (χ1v) is 11.1. The molecule has 1 aliphatic carbocycles. The van der Waals surface area contributed by atoms with Gasteiger partial charge in [0.15, 0.2) is 0 Å². The molecule has 1 aliphatic rings. The van der Waals surface area contributed by atoms with E-state index in [1.807, 2.05) is 37.0 Å². The molecule has 0 fully saturated rings. The van der Waals surface area contributed by atoms with Crippen molar-refractivity contribution in [2.75, 3.05) is 13.1 Å². The number of fused-ring (bicyclic) bond motifs is 3. The fraction of sp³-hybridized carbons (Fsp3) is 0.429. The molecule has 0 atom stereocenters. The first kappa shape index (κ1) is 20.3. The Balaban J connectivity index is 0.00000210. The van der Waals surface area contributed by atoms with Crippen LogP contribution < -0.4 is 0 Å². The quantitative estimate of drug-likeness (QED) is 0.509. The van der Waals surface area contributed by atoms with Gasteiger partial charge >= 0.3 is 0 Å². The first-order chi connectivity index (χ1) is 12.7. The van der Waals surface area contributed by atoms with E-state index in [-0.39, 0.29) is 18.3 Å². The number of rotatable bonds is 4. The van der Waals surface area contributed by atoms with Crippen molar-refractivity contribution in [1.29, 1.82) is 0 Å². The van der Waals surface area contributed by atoms with Crippen LogP contribution in [0.4, 0.5) is 0 Å². The number of carbonyl (C=O) groups excluding carboxylic acids is 1. The summed E-state index contributed by atoms with van der Waals surface area (Å²) in [5, 5.41) is 3.34. The summed E-state index contributed by atoms with van der Waals surface area (Å²) in [6.07, 6.45) is 4.75. The molecule has 3 aromatic heterocycles. The normalized spacial score (nSPS) is 13.3. The van der Waals surface area contributed by atoms with E-state index in [0.29, 0.717) is 0 Å². The molecule has 0 radical (unpaired) electrons. The summed E-state index contributed by atoms with van der Waals surface area (Å²) >= 11 is 3.55. The van der Waals surface area contributed by atoms with Crippen molar-refractivity contribution in [2.45, 2.75) is 46.5 Å². The maximum Gasteiger partial charge on any atom is 0.256 e. The molecule has 6 heteroatoms. The highest BCUT2D eigenvalue weighted by atomic mass is 35.5. The van der Waals surface area contributed by atoms with Crippen molar-refractivity contribution in [3.05, 3.63) is 39.2 Å². The van der Waals surface area contributed by atoms with Crippen molar-refractivity contribution < 1.29 is 4.79 Å². The lowest BCUT2D eigenvalue weighted by Crippen LogP contribution is -2.31. The second-order valence-corrected chi connectivity index (χ2v) is 8.82. The van der Waals surface area contributed by atoms with Gasteiger partial charge in [-0.15, -0.1) is 35.1 Å². The van der Waals surface area contributed by atoms with Crippen LogP contribution in [-0.2, 0) is 12.8 Å². The third-order valence-corrected chi connectivity index (χ3v) is 7.39. The van der Waals surface area contributed by atoms with Gasteiger partial charge < -0.3 is 4.90 Å². The molecule has 144 valence electrons. The zero-order chi connectivity index (χ0) is 18.3. The number of nitrogens with zero attached hydrogens (tertiary/aromatic N) is 2. The summed E-state index contributed by atoms with van der Waals surface area (Å²) < 4.78 is 0. The number of pyridine rings is 1. The average molecular weight is 421 g/mol. The van der Waals surface area contributed by atoms with Crippen LogP contribution in [-0.4, -0.2) is 28.9 Å². The Kier molecular flexibility index (Phi) is 6.24. The van der Waals surface area contributed by atoms with Gasteiger partial charge in [-0.1, -0.05) is 6.07 Å². The fourth-order valence-corrected chi connectivity index (χ4v) is 6.10. The summed E-state index contributed by atoms with van der Waals surface area (Å²) in [6, 6.07) is 4.22. The Hall–Kier alpha value is -1.43. The number of hydrogen-bond donors (Lipinski definition) is 0. The third-order valence-electron chi connectivity index (χ3n) is 5.32. The smallest absolute Gasteiger partial charge is 0.256 e. The van der Waals surface area contributed by atoms with Crippen molar-refractivity contribution in [1.82, 2.24) is 9.88 Å². The summed E-state index contributed by atoms with van der Waals surface area (Å²) in [5.74, 6) is 0.112. The van der Waals surface area contributed by atoms with Crippen LogP contribution in [0.5, 0.6) is 0 Å².